The van der Waals surface area contributed by atoms with Crippen molar-refractivity contribution >= 4 is 12.0 Å². The van der Waals surface area contributed by atoms with Crippen molar-refractivity contribution in [2.45, 2.75) is 0 Å². The van der Waals surface area contributed by atoms with Crippen molar-refractivity contribution in [3.63, 3.8) is 0 Å². The molecule has 1 aromatic heterocycles. The number of furan rings is 1. The zero-order chi connectivity index (χ0) is 13.0. The molecule has 0 saturated carbocycles. The highest BCUT2D eigenvalue weighted by Crippen LogP contribution is 2.24. The largest absolute Gasteiger partial charge is 0.497 e. The molecule has 2 aromatic rings. The summed E-state index contributed by atoms with van der Waals surface area (Å²) in [7, 11) is 1.61. The van der Waals surface area contributed by atoms with Gasteiger partial charge in [0, 0.05) is 11.6 Å². The highest BCUT2D eigenvalue weighted by molar-refractivity contribution is 5.84. The summed E-state index contributed by atoms with van der Waals surface area (Å²) in [6.45, 7) is 0. The number of ether oxygens (including phenoxy) is 1. The topological polar surface area (TPSA) is 59.7 Å². The molecule has 0 aliphatic heterocycles. The summed E-state index contributed by atoms with van der Waals surface area (Å²) in [6, 6.07) is 10.9. The number of rotatable bonds is 4. The maximum atomic E-state index is 10.4. The summed E-state index contributed by atoms with van der Waals surface area (Å²) in [5.41, 5.74) is 0.908. The molecular formula is C14H12O4. The van der Waals surface area contributed by atoms with Gasteiger partial charge >= 0.3 is 5.97 Å². The zero-order valence-electron chi connectivity index (χ0n) is 9.79. The van der Waals surface area contributed by atoms with Crippen molar-refractivity contribution in [2.24, 2.45) is 0 Å². The number of benzene rings is 1. The normalized spacial score (nSPS) is 10.7. The molecule has 0 fully saturated rings. The Kier molecular flexibility index (Phi) is 3.48. The average Bonchev–Trinajstić information content (AvgIpc) is 2.85. The van der Waals surface area contributed by atoms with Crippen LogP contribution in [0.1, 0.15) is 5.76 Å². The van der Waals surface area contributed by atoms with Gasteiger partial charge in [0.15, 0.2) is 0 Å². The highest BCUT2D eigenvalue weighted by atomic mass is 16.5. The minimum atomic E-state index is -1.00. The van der Waals surface area contributed by atoms with E-state index in [1.807, 2.05) is 24.3 Å². The van der Waals surface area contributed by atoms with Crippen LogP contribution in [0.15, 0.2) is 46.9 Å². The lowest BCUT2D eigenvalue weighted by atomic mass is 10.2. The van der Waals surface area contributed by atoms with Crippen molar-refractivity contribution in [1.82, 2.24) is 0 Å². The lowest BCUT2D eigenvalue weighted by molar-refractivity contribution is -0.131. The molecule has 18 heavy (non-hydrogen) atoms. The summed E-state index contributed by atoms with van der Waals surface area (Å²) in [5.74, 6) is 0.958. The lowest BCUT2D eigenvalue weighted by Crippen LogP contribution is -1.84. The second kappa shape index (κ2) is 5.23. The van der Waals surface area contributed by atoms with Crippen LogP contribution in [0.5, 0.6) is 5.75 Å². The first-order chi connectivity index (χ1) is 8.69. The maximum absolute atomic E-state index is 10.4. The summed E-state index contributed by atoms with van der Waals surface area (Å²) in [5, 5.41) is 8.51. The van der Waals surface area contributed by atoms with Gasteiger partial charge in [-0.2, -0.15) is 0 Å². The fourth-order valence-corrected chi connectivity index (χ4v) is 1.51. The smallest absolute Gasteiger partial charge is 0.328 e. The molecule has 0 bridgehead atoms. The Labute approximate surface area is 104 Å². The van der Waals surface area contributed by atoms with Crippen LogP contribution in [-0.4, -0.2) is 18.2 Å². The number of carboxylic acids is 1. The third-order valence-corrected chi connectivity index (χ3v) is 2.39. The molecule has 1 N–H and O–H groups in total. The third-order valence-electron chi connectivity index (χ3n) is 2.39. The van der Waals surface area contributed by atoms with E-state index < -0.39 is 5.97 Å². The van der Waals surface area contributed by atoms with Crippen LogP contribution in [0.2, 0.25) is 0 Å². The van der Waals surface area contributed by atoms with Gasteiger partial charge in [0.25, 0.3) is 0 Å². The number of hydrogen-bond donors (Lipinski definition) is 1. The molecule has 0 aliphatic rings. The fraction of sp³-hybridized carbons (Fsp3) is 0.0714. The van der Waals surface area contributed by atoms with E-state index in [0.717, 1.165) is 17.4 Å². The molecule has 0 aliphatic carbocycles. The van der Waals surface area contributed by atoms with Crippen molar-refractivity contribution in [3.05, 3.63) is 48.2 Å². The molecule has 0 spiro atoms. The molecule has 0 radical (unpaired) electrons. The van der Waals surface area contributed by atoms with E-state index in [1.165, 1.54) is 6.08 Å². The summed E-state index contributed by atoms with van der Waals surface area (Å²) in [4.78, 5) is 10.4. The van der Waals surface area contributed by atoms with Gasteiger partial charge in [0.2, 0.25) is 0 Å². The number of hydrogen-bond acceptors (Lipinski definition) is 3. The molecule has 92 valence electrons. The Morgan fingerprint density at radius 3 is 2.56 bits per heavy atom. The summed E-state index contributed by atoms with van der Waals surface area (Å²) >= 11 is 0. The molecule has 1 aromatic carbocycles. The Balaban J connectivity index is 2.20. The van der Waals surface area contributed by atoms with Gasteiger partial charge in [0.05, 0.1) is 7.11 Å². The van der Waals surface area contributed by atoms with Crippen LogP contribution in [-0.2, 0) is 4.79 Å². The van der Waals surface area contributed by atoms with Crippen LogP contribution in [0.3, 0.4) is 0 Å². The number of aliphatic carboxylic acids is 1. The van der Waals surface area contributed by atoms with Crippen LogP contribution in [0, 0.1) is 0 Å². The SMILES string of the molecule is COc1ccc(-c2ccc(C=CC(=O)O)o2)cc1. The molecule has 0 amide bonds. The monoisotopic (exact) mass is 244 g/mol. The highest BCUT2D eigenvalue weighted by Gasteiger charge is 2.03. The van der Waals surface area contributed by atoms with Gasteiger partial charge in [-0.25, -0.2) is 4.79 Å². The van der Waals surface area contributed by atoms with E-state index in [-0.39, 0.29) is 0 Å². The van der Waals surface area contributed by atoms with Crippen molar-refractivity contribution in [3.8, 4) is 17.1 Å². The molecular weight excluding hydrogens is 232 g/mol. The minimum Gasteiger partial charge on any atom is -0.497 e. The van der Waals surface area contributed by atoms with E-state index in [0.29, 0.717) is 11.5 Å². The maximum Gasteiger partial charge on any atom is 0.328 e. The van der Waals surface area contributed by atoms with E-state index in [2.05, 4.69) is 0 Å². The van der Waals surface area contributed by atoms with Gasteiger partial charge < -0.3 is 14.3 Å². The predicted octanol–water partition coefficient (Wildman–Crippen LogP) is 3.05. The molecule has 2 rings (SSSR count). The van der Waals surface area contributed by atoms with E-state index in [4.69, 9.17) is 14.3 Å². The Morgan fingerprint density at radius 2 is 1.94 bits per heavy atom. The molecule has 0 atom stereocenters. The first kappa shape index (κ1) is 12.0. The fourth-order valence-electron chi connectivity index (χ4n) is 1.51. The van der Waals surface area contributed by atoms with E-state index in [1.54, 1.807) is 19.2 Å². The minimum absolute atomic E-state index is 0.503. The molecule has 1 heterocycles. The van der Waals surface area contributed by atoms with Crippen molar-refractivity contribution < 1.29 is 19.1 Å². The average molecular weight is 244 g/mol. The molecule has 0 unspecified atom stereocenters. The Hall–Kier alpha value is -2.49. The van der Waals surface area contributed by atoms with Crippen LogP contribution in [0.4, 0.5) is 0 Å². The van der Waals surface area contributed by atoms with Crippen LogP contribution >= 0.6 is 0 Å². The van der Waals surface area contributed by atoms with Crippen LogP contribution < -0.4 is 4.74 Å². The zero-order valence-corrected chi connectivity index (χ0v) is 9.79. The predicted molar refractivity (Wildman–Crippen MR) is 67.4 cm³/mol. The number of carboxylic acid groups (broad SMARTS) is 1. The Morgan fingerprint density at radius 1 is 1.22 bits per heavy atom. The van der Waals surface area contributed by atoms with E-state index in [9.17, 15) is 4.79 Å². The molecule has 4 heteroatoms. The summed E-state index contributed by atoms with van der Waals surface area (Å²) < 4.78 is 10.6. The second-order valence-corrected chi connectivity index (χ2v) is 3.60. The van der Waals surface area contributed by atoms with Gasteiger partial charge in [-0.1, -0.05) is 0 Å². The third kappa shape index (κ3) is 2.79. The second-order valence-electron chi connectivity index (χ2n) is 3.60. The number of carbonyl (C=O) groups is 1. The van der Waals surface area contributed by atoms with Gasteiger partial charge in [0.1, 0.15) is 17.3 Å². The number of methoxy groups -OCH3 is 1. The summed E-state index contributed by atoms with van der Waals surface area (Å²) in [6.07, 6.45) is 2.45. The quantitative estimate of drug-likeness (QED) is 0.840. The van der Waals surface area contributed by atoms with Gasteiger partial charge in [-0.15, -0.1) is 0 Å². The first-order valence-electron chi connectivity index (χ1n) is 5.34. The van der Waals surface area contributed by atoms with E-state index >= 15 is 0 Å². The van der Waals surface area contributed by atoms with Gasteiger partial charge in [-0.05, 0) is 42.5 Å². The molecule has 0 saturated heterocycles. The van der Waals surface area contributed by atoms with Crippen molar-refractivity contribution in [1.29, 1.82) is 0 Å². The van der Waals surface area contributed by atoms with Gasteiger partial charge in [-0.3, -0.25) is 0 Å². The lowest BCUT2D eigenvalue weighted by Gasteiger charge is -2.00. The standard InChI is InChI=1S/C14H12O4/c1-17-11-4-2-10(3-5-11)13-8-6-12(18-13)7-9-14(15)16/h2-9H,1H3,(H,15,16). The Bertz CT molecular complexity index is 564. The first-order valence-corrected chi connectivity index (χ1v) is 5.34. The van der Waals surface area contributed by atoms with Crippen LogP contribution in [0.25, 0.3) is 17.4 Å². The molecule has 4 nitrogen and oxygen atoms in total. The van der Waals surface area contributed by atoms with Crippen molar-refractivity contribution in [2.75, 3.05) is 7.11 Å².